The predicted octanol–water partition coefficient (Wildman–Crippen LogP) is 3.49. The normalized spacial score (nSPS) is 21.7. The predicted molar refractivity (Wildman–Crippen MR) is 125 cm³/mol. The summed E-state index contributed by atoms with van der Waals surface area (Å²) >= 11 is 1.67. The van der Waals surface area contributed by atoms with Gasteiger partial charge in [0.2, 0.25) is 0 Å². The number of hydrogen-bond acceptors (Lipinski definition) is 8. The number of nitrogens with one attached hydrogen (secondary N) is 2. The van der Waals surface area contributed by atoms with Gasteiger partial charge in [-0.15, -0.1) is 11.8 Å². The van der Waals surface area contributed by atoms with Gasteiger partial charge < -0.3 is 9.64 Å². The van der Waals surface area contributed by atoms with Crippen LogP contribution >= 0.6 is 11.8 Å². The van der Waals surface area contributed by atoms with Crippen LogP contribution in [0.2, 0.25) is 0 Å². The summed E-state index contributed by atoms with van der Waals surface area (Å²) in [6.07, 6.45) is 4.95. The van der Waals surface area contributed by atoms with E-state index in [2.05, 4.69) is 60.1 Å². The largest absolute Gasteiger partial charge is 0.377 e. The van der Waals surface area contributed by atoms with Gasteiger partial charge in [-0.2, -0.15) is 0 Å². The zero-order valence-electron chi connectivity index (χ0n) is 18.2. The highest BCUT2D eigenvalue weighted by Crippen LogP contribution is 2.36. The third-order valence-corrected chi connectivity index (χ3v) is 6.77. The molecule has 2 saturated heterocycles. The van der Waals surface area contributed by atoms with Crippen LogP contribution in [0.15, 0.2) is 35.5 Å². The lowest BCUT2D eigenvalue weighted by Gasteiger charge is -2.35. The van der Waals surface area contributed by atoms with Gasteiger partial charge in [-0.3, -0.25) is 10.4 Å². The van der Waals surface area contributed by atoms with E-state index in [-0.39, 0.29) is 12.1 Å². The smallest absolute Gasteiger partial charge is 0.130 e. The molecule has 0 aliphatic carbocycles. The number of nitrogens with zero attached hydrogens (tertiary/aromatic N) is 4. The number of ether oxygens (including phenoxy) is 1. The van der Waals surface area contributed by atoms with Crippen LogP contribution in [0.5, 0.6) is 0 Å². The van der Waals surface area contributed by atoms with E-state index >= 15 is 0 Å². The first-order valence-corrected chi connectivity index (χ1v) is 12.0. The van der Waals surface area contributed by atoms with Gasteiger partial charge in [0, 0.05) is 35.9 Å². The van der Waals surface area contributed by atoms with Gasteiger partial charge in [0.05, 0.1) is 41.5 Å². The highest BCUT2D eigenvalue weighted by atomic mass is 32.2. The van der Waals surface area contributed by atoms with E-state index in [9.17, 15) is 0 Å². The fourth-order valence-corrected chi connectivity index (χ4v) is 4.91. The van der Waals surface area contributed by atoms with Crippen molar-refractivity contribution in [2.45, 2.75) is 37.4 Å². The topological polar surface area (TPSA) is 75.2 Å². The third kappa shape index (κ3) is 3.89. The van der Waals surface area contributed by atoms with E-state index in [1.807, 2.05) is 6.20 Å². The van der Waals surface area contributed by atoms with Gasteiger partial charge >= 0.3 is 0 Å². The molecule has 162 valence electrons. The molecule has 2 N–H and O–H groups in total. The molecule has 0 spiro atoms. The maximum absolute atomic E-state index is 5.67. The standard InChI is InChI=1S/C23H28N6OS/c1-14-13-30-11-10-29(14)20-12-18(16-4-5-21(31-3)26-15(16)2)17-6-8-24-23(22(17)27-20)19-7-9-25-28-19/h4-6,8,12,14,19,25,28H,7,9-11,13H2,1-3H3/t14-,19?/m1/s1. The van der Waals surface area contributed by atoms with Crippen molar-refractivity contribution in [3.8, 4) is 11.1 Å². The van der Waals surface area contributed by atoms with Crippen LogP contribution in [0.1, 0.15) is 30.8 Å². The molecule has 31 heavy (non-hydrogen) atoms. The summed E-state index contributed by atoms with van der Waals surface area (Å²) in [6, 6.07) is 9.01. The number of hydrogen-bond donors (Lipinski definition) is 2. The van der Waals surface area contributed by atoms with Gasteiger partial charge in [0.15, 0.2) is 0 Å². The van der Waals surface area contributed by atoms with Crippen LogP contribution in [0.25, 0.3) is 22.0 Å². The van der Waals surface area contributed by atoms with Gasteiger partial charge in [-0.25, -0.2) is 15.4 Å². The van der Waals surface area contributed by atoms with Crippen LogP contribution < -0.4 is 15.8 Å². The first-order chi connectivity index (χ1) is 15.2. The SMILES string of the molecule is CSc1ccc(-c2cc(N3CCOC[C@H]3C)nc3c(C4CCNN4)nccc23)c(C)n1. The molecule has 5 heterocycles. The van der Waals surface area contributed by atoms with Gasteiger partial charge in [0.25, 0.3) is 0 Å². The molecule has 0 bridgehead atoms. The molecule has 3 aromatic rings. The highest BCUT2D eigenvalue weighted by Gasteiger charge is 2.26. The van der Waals surface area contributed by atoms with Gasteiger partial charge in [0.1, 0.15) is 5.82 Å². The summed E-state index contributed by atoms with van der Waals surface area (Å²) in [5.41, 5.74) is 11.9. The Bertz CT molecular complexity index is 1100. The average molecular weight is 437 g/mol. The lowest BCUT2D eigenvalue weighted by atomic mass is 9.98. The summed E-state index contributed by atoms with van der Waals surface area (Å²) in [5, 5.41) is 2.15. The molecule has 0 radical (unpaired) electrons. The first kappa shape index (κ1) is 20.6. The van der Waals surface area contributed by atoms with Crippen molar-refractivity contribution < 1.29 is 4.74 Å². The zero-order valence-corrected chi connectivity index (χ0v) is 19.0. The maximum atomic E-state index is 5.67. The number of morpholine rings is 1. The molecule has 0 saturated carbocycles. The molecular formula is C23H28N6OS. The van der Waals surface area contributed by atoms with Crippen LogP contribution in [-0.2, 0) is 4.74 Å². The van der Waals surface area contributed by atoms with E-state index in [4.69, 9.17) is 19.7 Å². The minimum atomic E-state index is 0.152. The number of aromatic nitrogens is 3. The second-order valence-electron chi connectivity index (χ2n) is 8.14. The van der Waals surface area contributed by atoms with E-state index in [1.165, 1.54) is 0 Å². The van der Waals surface area contributed by atoms with E-state index in [0.29, 0.717) is 6.61 Å². The maximum Gasteiger partial charge on any atom is 0.130 e. The van der Waals surface area contributed by atoms with E-state index < -0.39 is 0 Å². The van der Waals surface area contributed by atoms with Crippen LogP contribution in [0.4, 0.5) is 5.82 Å². The second kappa shape index (κ2) is 8.70. The summed E-state index contributed by atoms with van der Waals surface area (Å²) in [6.45, 7) is 7.47. The number of thioether (sulfide) groups is 1. The minimum Gasteiger partial charge on any atom is -0.377 e. The molecule has 2 fully saturated rings. The lowest BCUT2D eigenvalue weighted by Crippen LogP contribution is -2.44. The molecule has 1 unspecified atom stereocenters. The third-order valence-electron chi connectivity index (χ3n) is 6.13. The summed E-state index contributed by atoms with van der Waals surface area (Å²) in [5.74, 6) is 0.979. The van der Waals surface area contributed by atoms with Crippen molar-refractivity contribution in [3.05, 3.63) is 41.9 Å². The van der Waals surface area contributed by atoms with Crippen LogP contribution in [-0.4, -0.2) is 53.6 Å². The Kier molecular flexibility index (Phi) is 5.79. The number of anilines is 1. The Balaban J connectivity index is 1.74. The van der Waals surface area contributed by atoms with Crippen molar-refractivity contribution >= 4 is 28.5 Å². The van der Waals surface area contributed by atoms with Crippen molar-refractivity contribution in [1.82, 2.24) is 25.8 Å². The quantitative estimate of drug-likeness (QED) is 0.602. The Hall–Kier alpha value is -2.26. The van der Waals surface area contributed by atoms with E-state index in [1.54, 1.807) is 11.8 Å². The van der Waals surface area contributed by atoms with Crippen molar-refractivity contribution in [3.63, 3.8) is 0 Å². The minimum absolute atomic E-state index is 0.152. The summed E-state index contributed by atoms with van der Waals surface area (Å²) in [7, 11) is 0. The average Bonchev–Trinajstić information content (AvgIpc) is 3.33. The second-order valence-corrected chi connectivity index (χ2v) is 8.96. The fraction of sp³-hybridized carbons (Fsp3) is 0.435. The van der Waals surface area contributed by atoms with Crippen molar-refractivity contribution in [2.24, 2.45) is 0 Å². The number of rotatable bonds is 4. The molecule has 2 aliphatic heterocycles. The Morgan fingerprint density at radius 1 is 1.19 bits per heavy atom. The molecule has 8 heteroatoms. The fourth-order valence-electron chi connectivity index (χ4n) is 4.48. The molecule has 5 rings (SSSR count). The van der Waals surface area contributed by atoms with Crippen LogP contribution in [0, 0.1) is 6.92 Å². The molecule has 3 aromatic heterocycles. The van der Waals surface area contributed by atoms with Crippen molar-refractivity contribution in [1.29, 1.82) is 0 Å². The van der Waals surface area contributed by atoms with Crippen molar-refractivity contribution in [2.75, 3.05) is 37.5 Å². The van der Waals surface area contributed by atoms with Crippen LogP contribution in [0.3, 0.4) is 0 Å². The molecule has 7 nitrogen and oxygen atoms in total. The Labute approximate surface area is 187 Å². The molecule has 0 aromatic carbocycles. The zero-order chi connectivity index (χ0) is 21.4. The number of hydrazine groups is 1. The highest BCUT2D eigenvalue weighted by molar-refractivity contribution is 7.98. The molecular weight excluding hydrogens is 408 g/mol. The Morgan fingerprint density at radius 2 is 2.10 bits per heavy atom. The number of pyridine rings is 3. The first-order valence-electron chi connectivity index (χ1n) is 10.8. The number of aryl methyl sites for hydroxylation is 1. The van der Waals surface area contributed by atoms with E-state index in [0.717, 1.165) is 70.4 Å². The molecule has 2 aliphatic rings. The molecule has 0 amide bonds. The number of fused-ring (bicyclic) bond motifs is 1. The molecule has 2 atom stereocenters. The summed E-state index contributed by atoms with van der Waals surface area (Å²) < 4.78 is 5.67. The lowest BCUT2D eigenvalue weighted by molar-refractivity contribution is 0.0986. The Morgan fingerprint density at radius 3 is 2.84 bits per heavy atom. The van der Waals surface area contributed by atoms with Gasteiger partial charge in [-0.05, 0) is 56.4 Å². The summed E-state index contributed by atoms with van der Waals surface area (Å²) in [4.78, 5) is 17.1. The monoisotopic (exact) mass is 436 g/mol. The van der Waals surface area contributed by atoms with Gasteiger partial charge in [-0.1, -0.05) is 0 Å².